The van der Waals surface area contributed by atoms with Gasteiger partial charge in [-0.3, -0.25) is 4.98 Å². The Morgan fingerprint density at radius 2 is 1.69 bits per heavy atom. The molecule has 7 heteroatoms. The van der Waals surface area contributed by atoms with Gasteiger partial charge in [0.05, 0.1) is 30.2 Å². The molecule has 1 aliphatic heterocycles. The molecule has 0 radical (unpaired) electrons. The minimum Gasteiger partial charge on any atom is -0.495 e. The van der Waals surface area contributed by atoms with Crippen LogP contribution in [0.4, 0.5) is 10.1 Å². The van der Waals surface area contributed by atoms with E-state index in [1.807, 2.05) is 76.3 Å². The number of ether oxygens (including phenoxy) is 1. The van der Waals surface area contributed by atoms with E-state index in [0.717, 1.165) is 17.1 Å². The first kappa shape index (κ1) is 20.2. The highest BCUT2D eigenvalue weighted by atomic mass is 32.1. The van der Waals surface area contributed by atoms with Crippen LogP contribution in [0.5, 0.6) is 5.75 Å². The maximum Gasteiger partial charge on any atom is 0.174 e. The number of para-hydroxylation sites is 3. The molecule has 5 rings (SSSR count). The molecule has 2 aromatic heterocycles. The maximum atomic E-state index is 14.7. The van der Waals surface area contributed by atoms with Crippen molar-refractivity contribution in [3.05, 3.63) is 108 Å². The van der Waals surface area contributed by atoms with E-state index in [9.17, 15) is 4.39 Å². The third kappa shape index (κ3) is 3.40. The smallest absolute Gasteiger partial charge is 0.174 e. The lowest BCUT2D eigenvalue weighted by Crippen LogP contribution is -2.30. The third-order valence-corrected chi connectivity index (χ3v) is 5.95. The van der Waals surface area contributed by atoms with Crippen molar-refractivity contribution in [3.63, 3.8) is 0 Å². The Hall–Kier alpha value is -3.71. The molecule has 1 aliphatic rings. The first-order valence-electron chi connectivity index (χ1n) is 10.2. The van der Waals surface area contributed by atoms with Crippen LogP contribution in [0.25, 0.3) is 5.69 Å². The molecular weight excluding hydrogens is 423 g/mol. The Bertz CT molecular complexity index is 1260. The topological polar surface area (TPSA) is 42.3 Å². The van der Waals surface area contributed by atoms with E-state index in [1.165, 1.54) is 6.07 Å². The summed E-state index contributed by atoms with van der Waals surface area (Å²) in [5.74, 6) is 0.407. The van der Waals surface area contributed by atoms with Crippen LogP contribution in [0.15, 0.2) is 91.3 Å². The van der Waals surface area contributed by atoms with Crippen LogP contribution in [0.3, 0.4) is 0 Å². The maximum absolute atomic E-state index is 14.7. The monoisotopic (exact) mass is 444 g/mol. The number of nitrogens with zero attached hydrogens (tertiary/aromatic N) is 3. The molecule has 32 heavy (non-hydrogen) atoms. The van der Waals surface area contributed by atoms with Crippen LogP contribution in [0.1, 0.15) is 23.5 Å². The SMILES string of the molecule is COc1ccccc1N1C(=S)N[C@@H](c2ccccn2)[C@H]1c1cccn1-c1ccccc1F. The number of methoxy groups -OCH3 is 1. The fourth-order valence-electron chi connectivity index (χ4n) is 4.25. The van der Waals surface area contributed by atoms with Gasteiger partial charge in [0.1, 0.15) is 17.6 Å². The molecule has 3 heterocycles. The number of hydrogen-bond acceptors (Lipinski definition) is 3. The summed E-state index contributed by atoms with van der Waals surface area (Å²) in [6.07, 6.45) is 3.63. The van der Waals surface area contributed by atoms with Gasteiger partial charge in [-0.25, -0.2) is 4.39 Å². The van der Waals surface area contributed by atoms with Crippen molar-refractivity contribution in [3.8, 4) is 11.4 Å². The lowest BCUT2D eigenvalue weighted by atomic mass is 10.0. The molecule has 1 N–H and O–H groups in total. The van der Waals surface area contributed by atoms with Crippen LogP contribution in [0, 0.1) is 5.82 Å². The van der Waals surface area contributed by atoms with Crippen molar-refractivity contribution < 1.29 is 9.13 Å². The van der Waals surface area contributed by atoms with Gasteiger partial charge in [-0.2, -0.15) is 0 Å². The molecule has 1 saturated heterocycles. The molecule has 5 nitrogen and oxygen atoms in total. The number of anilines is 1. The molecule has 0 spiro atoms. The fourth-order valence-corrected chi connectivity index (χ4v) is 4.58. The van der Waals surface area contributed by atoms with Gasteiger partial charge >= 0.3 is 0 Å². The lowest BCUT2D eigenvalue weighted by molar-refractivity contribution is 0.414. The summed E-state index contributed by atoms with van der Waals surface area (Å²) in [5.41, 5.74) is 3.03. The standard InChI is InChI=1S/C25H21FN4OS/c1-31-22-14-5-4-12-20(22)30-24(23(28-25(30)32)18-10-6-7-15-27-18)21-13-8-16-29(21)19-11-3-2-9-17(19)26/h2-16,23-24H,1H3,(H,28,32)/t23-,24+/m0/s1. The van der Waals surface area contributed by atoms with Gasteiger partial charge in [0.2, 0.25) is 0 Å². The Labute approximate surface area is 191 Å². The number of nitrogens with one attached hydrogen (secondary N) is 1. The van der Waals surface area contributed by atoms with Gasteiger partial charge in [0.15, 0.2) is 5.11 Å². The lowest BCUT2D eigenvalue weighted by Gasteiger charge is -2.30. The molecule has 0 bridgehead atoms. The second-order valence-electron chi connectivity index (χ2n) is 7.42. The molecule has 160 valence electrons. The minimum absolute atomic E-state index is 0.242. The van der Waals surface area contributed by atoms with Gasteiger partial charge in [-0.05, 0) is 60.7 Å². The quantitative estimate of drug-likeness (QED) is 0.429. The van der Waals surface area contributed by atoms with E-state index in [2.05, 4.69) is 10.3 Å². The molecule has 0 saturated carbocycles. The summed E-state index contributed by atoms with van der Waals surface area (Å²) in [5, 5.41) is 3.99. The summed E-state index contributed by atoms with van der Waals surface area (Å²) >= 11 is 5.79. The van der Waals surface area contributed by atoms with Crippen molar-refractivity contribution in [1.29, 1.82) is 0 Å². The zero-order valence-corrected chi connectivity index (χ0v) is 18.2. The summed E-state index contributed by atoms with van der Waals surface area (Å²) < 4.78 is 22.3. The van der Waals surface area contributed by atoms with Crippen molar-refractivity contribution in [1.82, 2.24) is 14.9 Å². The molecule has 0 amide bonds. The molecule has 2 atom stereocenters. The number of halogens is 1. The zero-order valence-electron chi connectivity index (χ0n) is 17.4. The van der Waals surface area contributed by atoms with Gasteiger partial charge < -0.3 is 19.5 Å². The number of aromatic nitrogens is 2. The first-order valence-corrected chi connectivity index (χ1v) is 10.7. The van der Waals surface area contributed by atoms with E-state index in [4.69, 9.17) is 17.0 Å². The average Bonchev–Trinajstić information content (AvgIpc) is 3.44. The van der Waals surface area contributed by atoms with E-state index in [1.54, 1.807) is 25.4 Å². The largest absolute Gasteiger partial charge is 0.495 e. The number of pyridine rings is 1. The van der Waals surface area contributed by atoms with Crippen LogP contribution in [-0.4, -0.2) is 21.8 Å². The summed E-state index contributed by atoms with van der Waals surface area (Å²) in [6, 6.07) is 23.7. The minimum atomic E-state index is -0.295. The highest BCUT2D eigenvalue weighted by Crippen LogP contribution is 2.44. The summed E-state index contributed by atoms with van der Waals surface area (Å²) in [7, 11) is 1.64. The van der Waals surface area contributed by atoms with E-state index in [0.29, 0.717) is 16.5 Å². The van der Waals surface area contributed by atoms with Crippen molar-refractivity contribution in [2.45, 2.75) is 12.1 Å². The highest BCUT2D eigenvalue weighted by molar-refractivity contribution is 7.80. The molecule has 2 aromatic carbocycles. The molecule has 1 fully saturated rings. The van der Waals surface area contributed by atoms with Crippen molar-refractivity contribution in [2.75, 3.05) is 12.0 Å². The Kier molecular flexibility index (Phi) is 5.33. The van der Waals surface area contributed by atoms with Gasteiger partial charge in [0.25, 0.3) is 0 Å². The second-order valence-corrected chi connectivity index (χ2v) is 7.81. The van der Waals surface area contributed by atoms with Crippen molar-refractivity contribution >= 4 is 23.0 Å². The molecular formula is C25H21FN4OS. The number of hydrogen-bond donors (Lipinski definition) is 1. The van der Waals surface area contributed by atoms with Gasteiger partial charge in [-0.15, -0.1) is 0 Å². The Morgan fingerprint density at radius 1 is 0.938 bits per heavy atom. The van der Waals surface area contributed by atoms with Crippen LogP contribution in [-0.2, 0) is 0 Å². The van der Waals surface area contributed by atoms with E-state index < -0.39 is 0 Å². The third-order valence-electron chi connectivity index (χ3n) is 5.64. The normalized spacial score (nSPS) is 17.9. The zero-order chi connectivity index (χ0) is 22.1. The number of rotatable bonds is 5. The van der Waals surface area contributed by atoms with E-state index in [-0.39, 0.29) is 17.9 Å². The molecule has 0 aliphatic carbocycles. The first-order chi connectivity index (χ1) is 15.7. The summed E-state index contributed by atoms with van der Waals surface area (Å²) in [6.45, 7) is 0. The Balaban J connectivity index is 1.71. The predicted molar refractivity (Wildman–Crippen MR) is 127 cm³/mol. The predicted octanol–water partition coefficient (Wildman–Crippen LogP) is 5.20. The Morgan fingerprint density at radius 3 is 2.44 bits per heavy atom. The van der Waals surface area contributed by atoms with Crippen molar-refractivity contribution in [2.24, 2.45) is 0 Å². The molecule has 0 unspecified atom stereocenters. The number of benzene rings is 2. The number of thiocarbonyl (C=S) groups is 1. The van der Waals surface area contributed by atoms with Crippen LogP contribution >= 0.6 is 12.2 Å². The van der Waals surface area contributed by atoms with E-state index >= 15 is 0 Å². The fraction of sp³-hybridized carbons (Fsp3) is 0.120. The van der Waals surface area contributed by atoms with Crippen LogP contribution in [0.2, 0.25) is 0 Å². The average molecular weight is 445 g/mol. The van der Waals surface area contributed by atoms with Crippen LogP contribution < -0.4 is 15.0 Å². The van der Waals surface area contributed by atoms with Gasteiger partial charge in [0, 0.05) is 18.1 Å². The van der Waals surface area contributed by atoms with Gasteiger partial charge in [-0.1, -0.05) is 30.3 Å². The molecule has 4 aromatic rings. The summed E-state index contributed by atoms with van der Waals surface area (Å²) in [4.78, 5) is 6.61. The highest BCUT2D eigenvalue weighted by Gasteiger charge is 2.43. The second kappa shape index (κ2) is 8.43.